The van der Waals surface area contributed by atoms with E-state index in [0.29, 0.717) is 11.6 Å². The SMILES string of the molecule is CC1(NCCC2COCCN2)CCCCC1. The summed E-state index contributed by atoms with van der Waals surface area (Å²) in [6.45, 7) is 6.29. The van der Waals surface area contributed by atoms with Crippen molar-refractivity contribution in [3.8, 4) is 0 Å². The molecule has 1 atom stereocenters. The first kappa shape index (κ1) is 12.3. The molecule has 1 unspecified atom stereocenters. The van der Waals surface area contributed by atoms with Gasteiger partial charge < -0.3 is 15.4 Å². The fourth-order valence-corrected chi connectivity index (χ4v) is 2.86. The molecule has 3 nitrogen and oxygen atoms in total. The van der Waals surface area contributed by atoms with Crippen LogP contribution in [0.25, 0.3) is 0 Å². The molecule has 0 aromatic heterocycles. The summed E-state index contributed by atoms with van der Waals surface area (Å²) >= 11 is 0. The van der Waals surface area contributed by atoms with E-state index < -0.39 is 0 Å². The Labute approximate surface area is 99.3 Å². The molecule has 2 fully saturated rings. The minimum atomic E-state index is 0.410. The second kappa shape index (κ2) is 5.99. The Hall–Kier alpha value is -0.120. The van der Waals surface area contributed by atoms with Crippen LogP contribution in [-0.4, -0.2) is 37.9 Å². The third-order valence-corrected chi connectivity index (χ3v) is 4.00. The van der Waals surface area contributed by atoms with Gasteiger partial charge in [0.1, 0.15) is 0 Å². The molecule has 1 saturated heterocycles. The lowest BCUT2D eigenvalue weighted by atomic mass is 9.83. The monoisotopic (exact) mass is 226 g/mol. The van der Waals surface area contributed by atoms with Crippen molar-refractivity contribution in [2.75, 3.05) is 26.3 Å². The van der Waals surface area contributed by atoms with Crippen molar-refractivity contribution < 1.29 is 4.74 Å². The number of morpholine rings is 1. The van der Waals surface area contributed by atoms with Crippen molar-refractivity contribution >= 4 is 0 Å². The topological polar surface area (TPSA) is 33.3 Å². The molecule has 0 aromatic carbocycles. The predicted octanol–water partition coefficient (Wildman–Crippen LogP) is 1.68. The Bertz CT molecular complexity index is 196. The number of nitrogens with one attached hydrogen (secondary N) is 2. The lowest BCUT2D eigenvalue weighted by Crippen LogP contribution is -2.47. The van der Waals surface area contributed by atoms with Gasteiger partial charge in [-0.2, -0.15) is 0 Å². The van der Waals surface area contributed by atoms with Crippen molar-refractivity contribution in [3.05, 3.63) is 0 Å². The van der Waals surface area contributed by atoms with Gasteiger partial charge in [-0.25, -0.2) is 0 Å². The van der Waals surface area contributed by atoms with Crippen molar-refractivity contribution in [2.24, 2.45) is 0 Å². The van der Waals surface area contributed by atoms with Gasteiger partial charge in [-0.3, -0.25) is 0 Å². The first-order valence-electron chi connectivity index (χ1n) is 6.85. The highest BCUT2D eigenvalue weighted by molar-refractivity contribution is 4.86. The smallest absolute Gasteiger partial charge is 0.0620 e. The van der Waals surface area contributed by atoms with Gasteiger partial charge in [-0.05, 0) is 32.7 Å². The van der Waals surface area contributed by atoms with E-state index in [2.05, 4.69) is 17.6 Å². The summed E-state index contributed by atoms with van der Waals surface area (Å²) in [6, 6.07) is 0.563. The van der Waals surface area contributed by atoms with Crippen LogP contribution in [-0.2, 0) is 4.74 Å². The maximum Gasteiger partial charge on any atom is 0.0620 e. The summed E-state index contributed by atoms with van der Waals surface area (Å²) in [5, 5.41) is 7.25. The first-order chi connectivity index (χ1) is 7.79. The Kier molecular flexibility index (Phi) is 4.62. The second-order valence-corrected chi connectivity index (χ2v) is 5.56. The number of hydrogen-bond donors (Lipinski definition) is 2. The quantitative estimate of drug-likeness (QED) is 0.765. The molecule has 1 heterocycles. The van der Waals surface area contributed by atoms with E-state index >= 15 is 0 Å². The van der Waals surface area contributed by atoms with Gasteiger partial charge in [0.15, 0.2) is 0 Å². The third kappa shape index (κ3) is 3.72. The van der Waals surface area contributed by atoms with Gasteiger partial charge in [0.2, 0.25) is 0 Å². The normalized spacial score (nSPS) is 30.2. The van der Waals surface area contributed by atoms with Crippen LogP contribution >= 0.6 is 0 Å². The Morgan fingerprint density at radius 2 is 2.12 bits per heavy atom. The lowest BCUT2D eigenvalue weighted by molar-refractivity contribution is 0.0731. The van der Waals surface area contributed by atoms with Crippen LogP contribution < -0.4 is 10.6 Å². The lowest BCUT2D eigenvalue weighted by Gasteiger charge is -2.35. The van der Waals surface area contributed by atoms with Gasteiger partial charge in [0, 0.05) is 18.1 Å². The molecule has 3 heteroatoms. The predicted molar refractivity (Wildman–Crippen MR) is 66.7 cm³/mol. The molecule has 0 spiro atoms. The van der Waals surface area contributed by atoms with Crippen LogP contribution in [0.2, 0.25) is 0 Å². The molecule has 16 heavy (non-hydrogen) atoms. The van der Waals surface area contributed by atoms with Crippen LogP contribution in [0.3, 0.4) is 0 Å². The second-order valence-electron chi connectivity index (χ2n) is 5.56. The van der Waals surface area contributed by atoms with Crippen LogP contribution in [0.5, 0.6) is 0 Å². The summed E-state index contributed by atoms with van der Waals surface area (Å²) < 4.78 is 5.46. The Balaban J connectivity index is 1.62. The van der Waals surface area contributed by atoms with E-state index in [4.69, 9.17) is 4.74 Å². The molecule has 0 bridgehead atoms. The minimum absolute atomic E-state index is 0.410. The fourth-order valence-electron chi connectivity index (χ4n) is 2.86. The number of ether oxygens (including phenoxy) is 1. The van der Waals surface area contributed by atoms with Gasteiger partial charge >= 0.3 is 0 Å². The summed E-state index contributed by atoms with van der Waals surface area (Å²) in [7, 11) is 0. The maximum absolute atomic E-state index is 5.46. The molecule has 2 aliphatic rings. The van der Waals surface area contributed by atoms with E-state index in [1.165, 1.54) is 38.5 Å². The van der Waals surface area contributed by atoms with Crippen LogP contribution in [0.1, 0.15) is 45.4 Å². The molecule has 0 amide bonds. The van der Waals surface area contributed by atoms with E-state index in [0.717, 1.165) is 26.3 Å². The molecule has 2 N–H and O–H groups in total. The summed E-state index contributed by atoms with van der Waals surface area (Å²) in [4.78, 5) is 0. The van der Waals surface area contributed by atoms with Crippen LogP contribution in [0.4, 0.5) is 0 Å². The van der Waals surface area contributed by atoms with Crippen LogP contribution in [0, 0.1) is 0 Å². The van der Waals surface area contributed by atoms with Crippen molar-refractivity contribution in [1.82, 2.24) is 10.6 Å². The molecule has 1 aliphatic carbocycles. The first-order valence-corrected chi connectivity index (χ1v) is 6.85. The minimum Gasteiger partial charge on any atom is -0.379 e. The highest BCUT2D eigenvalue weighted by Crippen LogP contribution is 2.27. The average molecular weight is 226 g/mol. The zero-order valence-corrected chi connectivity index (χ0v) is 10.6. The van der Waals surface area contributed by atoms with Crippen molar-refractivity contribution in [3.63, 3.8) is 0 Å². The molecular weight excluding hydrogens is 200 g/mol. The third-order valence-electron chi connectivity index (χ3n) is 4.00. The van der Waals surface area contributed by atoms with Gasteiger partial charge in [0.25, 0.3) is 0 Å². The largest absolute Gasteiger partial charge is 0.379 e. The number of rotatable bonds is 4. The van der Waals surface area contributed by atoms with E-state index in [9.17, 15) is 0 Å². The molecule has 0 aromatic rings. The molecule has 1 aliphatic heterocycles. The molecule has 0 radical (unpaired) electrons. The van der Waals surface area contributed by atoms with Crippen molar-refractivity contribution in [2.45, 2.75) is 57.0 Å². The molecule has 1 saturated carbocycles. The van der Waals surface area contributed by atoms with E-state index in [-0.39, 0.29) is 0 Å². The van der Waals surface area contributed by atoms with Gasteiger partial charge in [-0.15, -0.1) is 0 Å². The zero-order chi connectivity index (χ0) is 11.3. The number of hydrogen-bond acceptors (Lipinski definition) is 3. The zero-order valence-electron chi connectivity index (χ0n) is 10.6. The highest BCUT2D eigenvalue weighted by atomic mass is 16.5. The highest BCUT2D eigenvalue weighted by Gasteiger charge is 2.26. The summed E-state index contributed by atoms with van der Waals surface area (Å²) in [6.07, 6.45) is 8.11. The van der Waals surface area contributed by atoms with Gasteiger partial charge in [-0.1, -0.05) is 19.3 Å². The molecular formula is C13H26N2O. The Morgan fingerprint density at radius 3 is 2.81 bits per heavy atom. The summed E-state index contributed by atoms with van der Waals surface area (Å²) in [5.74, 6) is 0. The summed E-state index contributed by atoms with van der Waals surface area (Å²) in [5.41, 5.74) is 0.410. The standard InChI is InChI=1S/C13H26N2O/c1-13(6-3-2-4-7-13)15-8-5-12-11-16-10-9-14-12/h12,14-15H,2-11H2,1H3. The van der Waals surface area contributed by atoms with E-state index in [1.54, 1.807) is 0 Å². The van der Waals surface area contributed by atoms with Gasteiger partial charge in [0.05, 0.1) is 13.2 Å². The van der Waals surface area contributed by atoms with E-state index in [1.807, 2.05) is 0 Å². The molecule has 2 rings (SSSR count). The Morgan fingerprint density at radius 1 is 1.31 bits per heavy atom. The van der Waals surface area contributed by atoms with Crippen LogP contribution in [0.15, 0.2) is 0 Å². The average Bonchev–Trinajstić information content (AvgIpc) is 2.31. The van der Waals surface area contributed by atoms with Crippen molar-refractivity contribution in [1.29, 1.82) is 0 Å². The molecule has 94 valence electrons. The fraction of sp³-hybridized carbons (Fsp3) is 1.00. The maximum atomic E-state index is 5.46.